The van der Waals surface area contributed by atoms with Gasteiger partial charge in [-0.1, -0.05) is 74.0 Å². The quantitative estimate of drug-likeness (QED) is 0.197. The molecule has 0 aliphatic heterocycles. The van der Waals surface area contributed by atoms with E-state index >= 15 is 0 Å². The minimum Gasteiger partial charge on any atom is -0.423 e. The predicted octanol–water partition coefficient (Wildman–Crippen LogP) is 4.99. The summed E-state index contributed by atoms with van der Waals surface area (Å²) in [6, 6.07) is 19.5. The van der Waals surface area contributed by atoms with Crippen molar-refractivity contribution in [1.82, 2.24) is 5.32 Å². The maximum atomic E-state index is 14.6. The molecule has 0 aliphatic carbocycles. The SMILES string of the molecule is CCCC(CC/C=C\C(=O)c1cccc(-c2cccc(B(O)O)c2)c1)c1cc(CNC)ccc1F. The number of allylic oxidation sites excluding steroid dienone is 2. The van der Waals surface area contributed by atoms with Gasteiger partial charge in [0.1, 0.15) is 5.82 Å². The van der Waals surface area contributed by atoms with Crippen molar-refractivity contribution in [2.45, 2.75) is 45.1 Å². The van der Waals surface area contributed by atoms with Crippen molar-refractivity contribution in [1.29, 1.82) is 0 Å². The lowest BCUT2D eigenvalue weighted by Crippen LogP contribution is -2.29. The van der Waals surface area contributed by atoms with Crippen molar-refractivity contribution in [2.75, 3.05) is 7.05 Å². The molecule has 0 spiro atoms. The number of hydrogen-bond acceptors (Lipinski definition) is 4. The van der Waals surface area contributed by atoms with Crippen LogP contribution in [0.25, 0.3) is 11.1 Å². The molecule has 0 saturated carbocycles. The molecule has 0 aliphatic rings. The Labute approximate surface area is 207 Å². The van der Waals surface area contributed by atoms with Gasteiger partial charge in [0, 0.05) is 12.1 Å². The lowest BCUT2D eigenvalue weighted by Gasteiger charge is -2.18. The van der Waals surface area contributed by atoms with Crippen LogP contribution in [0, 0.1) is 5.82 Å². The first-order chi connectivity index (χ1) is 16.9. The standard InChI is InChI=1S/C29H33BFNO3/c1-3-8-22(27-17-21(20-32-2)15-16-28(27)31)9-4-5-14-29(33)25-12-6-10-23(18-25)24-11-7-13-26(19-24)30(34)35/h5-7,10-19,22,32,34-35H,3-4,8-9,20H2,1-2H3/b14-5-. The van der Waals surface area contributed by atoms with Crippen LogP contribution < -0.4 is 10.8 Å². The molecule has 0 saturated heterocycles. The number of hydrogen-bond donors (Lipinski definition) is 3. The van der Waals surface area contributed by atoms with Gasteiger partial charge in [0.05, 0.1) is 0 Å². The van der Waals surface area contributed by atoms with Crippen molar-refractivity contribution >= 4 is 18.4 Å². The van der Waals surface area contributed by atoms with Crippen LogP contribution in [0.15, 0.2) is 78.9 Å². The molecule has 0 fully saturated rings. The van der Waals surface area contributed by atoms with Crippen LogP contribution in [0.3, 0.4) is 0 Å². The maximum Gasteiger partial charge on any atom is 0.488 e. The van der Waals surface area contributed by atoms with Gasteiger partial charge in [-0.2, -0.15) is 0 Å². The zero-order chi connectivity index (χ0) is 25.2. The van der Waals surface area contributed by atoms with E-state index in [2.05, 4.69) is 12.2 Å². The number of carbonyl (C=O) groups is 1. The van der Waals surface area contributed by atoms with Crippen molar-refractivity contribution in [3.63, 3.8) is 0 Å². The number of benzene rings is 3. The highest BCUT2D eigenvalue weighted by Crippen LogP contribution is 2.29. The van der Waals surface area contributed by atoms with Crippen LogP contribution in [-0.4, -0.2) is 30.0 Å². The Hall–Kier alpha value is -3.06. The van der Waals surface area contributed by atoms with Crippen LogP contribution >= 0.6 is 0 Å². The van der Waals surface area contributed by atoms with Crippen LogP contribution in [0.1, 0.15) is 60.0 Å². The average Bonchev–Trinajstić information content (AvgIpc) is 2.87. The van der Waals surface area contributed by atoms with E-state index in [4.69, 9.17) is 0 Å². The maximum absolute atomic E-state index is 14.6. The zero-order valence-electron chi connectivity index (χ0n) is 20.4. The summed E-state index contributed by atoms with van der Waals surface area (Å²) in [7, 11) is 0.333. The van der Waals surface area contributed by atoms with E-state index in [-0.39, 0.29) is 17.5 Å². The summed E-state index contributed by atoms with van der Waals surface area (Å²) in [4.78, 5) is 12.8. The first-order valence-corrected chi connectivity index (χ1v) is 12.1. The Kier molecular flexibility index (Phi) is 9.97. The lowest BCUT2D eigenvalue weighted by molar-refractivity contribution is 0.104. The summed E-state index contributed by atoms with van der Waals surface area (Å²) in [5.41, 5.74) is 4.40. The molecule has 1 atom stereocenters. The van der Waals surface area contributed by atoms with E-state index in [9.17, 15) is 19.2 Å². The third-order valence-corrected chi connectivity index (χ3v) is 6.13. The Morgan fingerprint density at radius 3 is 2.49 bits per heavy atom. The fraction of sp³-hybridized carbons (Fsp3) is 0.276. The molecule has 6 heteroatoms. The summed E-state index contributed by atoms with van der Waals surface area (Å²) >= 11 is 0. The Morgan fingerprint density at radius 1 is 1.03 bits per heavy atom. The van der Waals surface area contributed by atoms with Gasteiger partial charge in [-0.15, -0.1) is 0 Å². The monoisotopic (exact) mass is 473 g/mol. The molecule has 3 aromatic rings. The molecule has 1 unspecified atom stereocenters. The lowest BCUT2D eigenvalue weighted by atomic mass is 9.79. The molecule has 3 rings (SSSR count). The largest absolute Gasteiger partial charge is 0.488 e. The number of carbonyl (C=O) groups excluding carboxylic acids is 1. The minimum absolute atomic E-state index is 0.0977. The number of rotatable bonds is 12. The Morgan fingerprint density at radius 2 is 1.77 bits per heavy atom. The molecule has 3 aromatic carbocycles. The highest BCUT2D eigenvalue weighted by atomic mass is 19.1. The normalized spacial score (nSPS) is 12.1. The predicted molar refractivity (Wildman–Crippen MR) is 141 cm³/mol. The second-order valence-electron chi connectivity index (χ2n) is 8.80. The minimum atomic E-state index is -1.54. The molecule has 4 nitrogen and oxygen atoms in total. The molecule has 0 amide bonds. The molecular weight excluding hydrogens is 440 g/mol. The van der Waals surface area contributed by atoms with E-state index in [1.165, 1.54) is 0 Å². The zero-order valence-corrected chi connectivity index (χ0v) is 20.4. The molecule has 35 heavy (non-hydrogen) atoms. The average molecular weight is 473 g/mol. The summed E-state index contributed by atoms with van der Waals surface area (Å²) < 4.78 is 14.6. The fourth-order valence-corrected chi connectivity index (χ4v) is 4.34. The molecule has 0 aromatic heterocycles. The summed E-state index contributed by atoms with van der Waals surface area (Å²) in [6.45, 7) is 2.80. The number of halogens is 1. The first-order valence-electron chi connectivity index (χ1n) is 12.1. The van der Waals surface area contributed by atoms with Gasteiger partial charge in [0.25, 0.3) is 0 Å². The van der Waals surface area contributed by atoms with E-state index < -0.39 is 7.12 Å². The summed E-state index contributed by atoms with van der Waals surface area (Å²) in [6.07, 6.45) is 6.77. The van der Waals surface area contributed by atoms with Gasteiger partial charge < -0.3 is 15.4 Å². The number of nitrogens with one attached hydrogen (secondary N) is 1. The van der Waals surface area contributed by atoms with Gasteiger partial charge in [-0.3, -0.25) is 4.79 Å². The van der Waals surface area contributed by atoms with Gasteiger partial charge >= 0.3 is 7.12 Å². The van der Waals surface area contributed by atoms with E-state index in [0.29, 0.717) is 24.0 Å². The molecule has 182 valence electrons. The van der Waals surface area contributed by atoms with Gasteiger partial charge in [0.15, 0.2) is 5.78 Å². The second-order valence-corrected chi connectivity index (χ2v) is 8.80. The summed E-state index contributed by atoms with van der Waals surface area (Å²) in [5, 5.41) is 22.0. The topological polar surface area (TPSA) is 69.6 Å². The number of ketones is 1. The van der Waals surface area contributed by atoms with E-state index in [1.54, 1.807) is 42.5 Å². The van der Waals surface area contributed by atoms with E-state index in [1.807, 2.05) is 43.5 Å². The molecule has 3 N–H and O–H groups in total. The van der Waals surface area contributed by atoms with Crippen molar-refractivity contribution in [2.24, 2.45) is 0 Å². The van der Waals surface area contributed by atoms with Crippen LogP contribution in [0.5, 0.6) is 0 Å². The van der Waals surface area contributed by atoms with Crippen molar-refractivity contribution in [3.8, 4) is 11.1 Å². The van der Waals surface area contributed by atoms with Gasteiger partial charge in [-0.25, -0.2) is 4.39 Å². The van der Waals surface area contributed by atoms with Crippen molar-refractivity contribution < 1.29 is 19.2 Å². The Bertz CT molecular complexity index is 1160. The molecule has 0 bridgehead atoms. The van der Waals surface area contributed by atoms with Crippen LogP contribution in [-0.2, 0) is 6.54 Å². The van der Waals surface area contributed by atoms with Crippen LogP contribution in [0.2, 0.25) is 0 Å². The highest BCUT2D eigenvalue weighted by molar-refractivity contribution is 6.58. The van der Waals surface area contributed by atoms with Crippen molar-refractivity contribution in [3.05, 3.63) is 101 Å². The molecule has 0 heterocycles. The third-order valence-electron chi connectivity index (χ3n) is 6.13. The first kappa shape index (κ1) is 26.5. The second kappa shape index (κ2) is 13.1. The fourth-order valence-electron chi connectivity index (χ4n) is 4.34. The smallest absolute Gasteiger partial charge is 0.423 e. The van der Waals surface area contributed by atoms with Crippen LogP contribution in [0.4, 0.5) is 4.39 Å². The van der Waals surface area contributed by atoms with E-state index in [0.717, 1.165) is 41.5 Å². The Balaban J connectivity index is 1.67. The van der Waals surface area contributed by atoms with Gasteiger partial charge in [-0.05, 0) is 78.2 Å². The third kappa shape index (κ3) is 7.46. The van der Waals surface area contributed by atoms with Gasteiger partial charge in [0.2, 0.25) is 0 Å². The highest BCUT2D eigenvalue weighted by Gasteiger charge is 2.16. The molecule has 0 radical (unpaired) electrons. The summed E-state index contributed by atoms with van der Waals surface area (Å²) in [5.74, 6) is -0.161. The molecular formula is C29H33BFNO3.